The maximum absolute atomic E-state index is 12.0. The molecule has 0 bridgehead atoms. The highest BCUT2D eigenvalue weighted by atomic mass is 32.2. The summed E-state index contributed by atoms with van der Waals surface area (Å²) in [7, 11) is 0. The summed E-state index contributed by atoms with van der Waals surface area (Å²) < 4.78 is 5.36. The van der Waals surface area contributed by atoms with E-state index in [0.717, 1.165) is 0 Å². The van der Waals surface area contributed by atoms with Gasteiger partial charge in [-0.3, -0.25) is 9.89 Å². The molecule has 1 unspecified atom stereocenters. The molecule has 122 valence electrons. The third-order valence-corrected chi connectivity index (χ3v) is 3.70. The van der Waals surface area contributed by atoms with Gasteiger partial charge in [0.1, 0.15) is 11.4 Å². The summed E-state index contributed by atoms with van der Waals surface area (Å²) in [6.45, 7) is 9.24. The summed E-state index contributed by atoms with van der Waals surface area (Å²) in [5, 5.41) is 13.3. The molecule has 1 heterocycles. The van der Waals surface area contributed by atoms with Gasteiger partial charge < -0.3 is 15.2 Å². The van der Waals surface area contributed by atoms with E-state index in [9.17, 15) is 9.90 Å². The normalized spacial score (nSPS) is 18.8. The fraction of sp³-hybridized carbons (Fsp3) is 0.857. The molecule has 7 heteroatoms. The number of aliphatic imine (C=N–C) groups is 1. The standard InChI is InChI=1S/C14H27N3O3S/c1-13(2,3)20-12(18)17-7-6-15-11(8-17)16-9-14(4,19)10-21-5/h19H,6-10H2,1-5H3,(H,15,16). The smallest absolute Gasteiger partial charge is 0.410 e. The van der Waals surface area contributed by atoms with Gasteiger partial charge in [0.25, 0.3) is 0 Å². The number of carbonyl (C=O) groups excluding carboxylic acids is 1. The van der Waals surface area contributed by atoms with E-state index in [1.165, 1.54) is 0 Å². The number of rotatable bonds is 4. The van der Waals surface area contributed by atoms with Crippen molar-refractivity contribution in [3.63, 3.8) is 0 Å². The van der Waals surface area contributed by atoms with Crippen LogP contribution in [-0.2, 0) is 4.74 Å². The molecule has 0 saturated carbocycles. The van der Waals surface area contributed by atoms with Crippen LogP contribution in [0.2, 0.25) is 0 Å². The Morgan fingerprint density at radius 3 is 2.71 bits per heavy atom. The zero-order chi connectivity index (χ0) is 16.1. The number of thioether (sulfide) groups is 1. The Morgan fingerprint density at radius 2 is 2.14 bits per heavy atom. The molecule has 0 fully saturated rings. The largest absolute Gasteiger partial charge is 0.444 e. The Morgan fingerprint density at radius 1 is 1.48 bits per heavy atom. The maximum atomic E-state index is 12.0. The Labute approximate surface area is 131 Å². The molecule has 0 radical (unpaired) electrons. The highest BCUT2D eigenvalue weighted by molar-refractivity contribution is 7.98. The van der Waals surface area contributed by atoms with E-state index in [1.54, 1.807) is 23.6 Å². The van der Waals surface area contributed by atoms with E-state index in [-0.39, 0.29) is 6.09 Å². The molecule has 0 saturated heterocycles. The first kappa shape index (κ1) is 18.1. The number of amides is 1. The summed E-state index contributed by atoms with van der Waals surface area (Å²) in [4.78, 5) is 18.0. The third kappa shape index (κ3) is 7.04. The lowest BCUT2D eigenvalue weighted by Gasteiger charge is -2.31. The SMILES string of the molecule is CSCC(C)(O)CNC1=NCCN(C(=O)OC(C)(C)C)C1. The van der Waals surface area contributed by atoms with Gasteiger partial charge in [-0.15, -0.1) is 0 Å². The minimum atomic E-state index is -0.796. The molecule has 1 amide bonds. The predicted octanol–water partition coefficient (Wildman–Crippen LogP) is 1.34. The fourth-order valence-electron chi connectivity index (χ4n) is 1.86. The van der Waals surface area contributed by atoms with Crippen LogP contribution < -0.4 is 5.32 Å². The highest BCUT2D eigenvalue weighted by Gasteiger charge is 2.26. The van der Waals surface area contributed by atoms with Crippen LogP contribution in [-0.4, -0.2) is 71.3 Å². The third-order valence-electron chi connectivity index (χ3n) is 2.79. The van der Waals surface area contributed by atoms with Crippen LogP contribution in [0.15, 0.2) is 4.99 Å². The minimum absolute atomic E-state index is 0.326. The van der Waals surface area contributed by atoms with Gasteiger partial charge in [0.2, 0.25) is 0 Å². The van der Waals surface area contributed by atoms with E-state index in [0.29, 0.717) is 37.8 Å². The number of ether oxygens (including phenoxy) is 1. The van der Waals surface area contributed by atoms with Crippen molar-refractivity contribution in [2.45, 2.75) is 38.9 Å². The van der Waals surface area contributed by atoms with Crippen LogP contribution in [0.4, 0.5) is 4.79 Å². The average molecular weight is 317 g/mol. The van der Waals surface area contributed by atoms with Crippen LogP contribution in [0.3, 0.4) is 0 Å². The van der Waals surface area contributed by atoms with E-state index < -0.39 is 11.2 Å². The van der Waals surface area contributed by atoms with Crippen LogP contribution in [0.1, 0.15) is 27.7 Å². The van der Waals surface area contributed by atoms with Crippen molar-refractivity contribution in [3.8, 4) is 0 Å². The molecule has 0 aromatic carbocycles. The molecule has 1 aliphatic heterocycles. The van der Waals surface area contributed by atoms with Gasteiger partial charge in [0.05, 0.1) is 18.7 Å². The maximum Gasteiger partial charge on any atom is 0.410 e. The summed E-state index contributed by atoms with van der Waals surface area (Å²) in [5.74, 6) is 1.36. The number of nitrogens with zero attached hydrogens (tertiary/aromatic N) is 2. The Hall–Kier alpha value is -0.950. The Kier molecular flexibility index (Phi) is 6.34. The van der Waals surface area contributed by atoms with Crippen molar-refractivity contribution >= 4 is 23.7 Å². The molecule has 2 N–H and O–H groups in total. The lowest BCUT2D eigenvalue weighted by molar-refractivity contribution is 0.0275. The van der Waals surface area contributed by atoms with Gasteiger partial charge in [0, 0.05) is 18.8 Å². The van der Waals surface area contributed by atoms with E-state index in [1.807, 2.05) is 27.0 Å². The van der Waals surface area contributed by atoms with Crippen LogP contribution in [0, 0.1) is 0 Å². The molecule has 1 aliphatic rings. The number of amidine groups is 1. The highest BCUT2D eigenvalue weighted by Crippen LogP contribution is 2.12. The van der Waals surface area contributed by atoms with Crippen molar-refractivity contribution in [1.82, 2.24) is 10.2 Å². The van der Waals surface area contributed by atoms with Gasteiger partial charge in [0.15, 0.2) is 0 Å². The lowest BCUT2D eigenvalue weighted by Crippen LogP contribution is -2.50. The Bertz CT molecular complexity index is 391. The van der Waals surface area contributed by atoms with Crippen molar-refractivity contribution in [2.75, 3.05) is 38.2 Å². The molecule has 6 nitrogen and oxygen atoms in total. The summed E-state index contributed by atoms with van der Waals surface area (Å²) in [5.41, 5.74) is -1.29. The Balaban J connectivity index is 2.49. The van der Waals surface area contributed by atoms with Crippen LogP contribution >= 0.6 is 11.8 Å². The second-order valence-corrected chi connectivity index (χ2v) is 7.38. The average Bonchev–Trinajstić information content (AvgIpc) is 2.35. The molecular weight excluding hydrogens is 290 g/mol. The predicted molar refractivity (Wildman–Crippen MR) is 87.1 cm³/mol. The number of hydrogen-bond donors (Lipinski definition) is 2. The zero-order valence-electron chi connectivity index (χ0n) is 13.6. The molecule has 0 spiro atoms. The quantitative estimate of drug-likeness (QED) is 0.818. The van der Waals surface area contributed by atoms with Crippen molar-refractivity contribution < 1.29 is 14.6 Å². The molecule has 1 atom stereocenters. The monoisotopic (exact) mass is 317 g/mol. The molecule has 0 aromatic rings. The molecule has 21 heavy (non-hydrogen) atoms. The molecule has 0 aromatic heterocycles. The van der Waals surface area contributed by atoms with Crippen molar-refractivity contribution in [2.24, 2.45) is 4.99 Å². The molecular formula is C14H27N3O3S. The van der Waals surface area contributed by atoms with Gasteiger partial charge in [-0.1, -0.05) is 0 Å². The summed E-state index contributed by atoms with van der Waals surface area (Å²) >= 11 is 1.59. The van der Waals surface area contributed by atoms with Crippen LogP contribution in [0.5, 0.6) is 0 Å². The first-order valence-corrected chi connectivity index (χ1v) is 8.49. The lowest BCUT2D eigenvalue weighted by atomic mass is 10.1. The van der Waals surface area contributed by atoms with E-state index >= 15 is 0 Å². The van der Waals surface area contributed by atoms with Crippen LogP contribution in [0.25, 0.3) is 0 Å². The van der Waals surface area contributed by atoms with E-state index in [4.69, 9.17) is 4.74 Å². The van der Waals surface area contributed by atoms with Crippen molar-refractivity contribution in [1.29, 1.82) is 0 Å². The van der Waals surface area contributed by atoms with E-state index in [2.05, 4.69) is 10.3 Å². The number of hydrogen-bond acceptors (Lipinski definition) is 6. The first-order chi connectivity index (χ1) is 9.63. The second kappa shape index (κ2) is 7.35. The second-order valence-electron chi connectivity index (χ2n) is 6.51. The van der Waals surface area contributed by atoms with Gasteiger partial charge in [-0.05, 0) is 34.0 Å². The topological polar surface area (TPSA) is 74.2 Å². The van der Waals surface area contributed by atoms with Gasteiger partial charge in [-0.2, -0.15) is 11.8 Å². The first-order valence-electron chi connectivity index (χ1n) is 7.09. The van der Waals surface area contributed by atoms with Gasteiger partial charge in [-0.25, -0.2) is 4.79 Å². The summed E-state index contributed by atoms with van der Waals surface area (Å²) in [6, 6.07) is 0. The number of carbonyl (C=O) groups is 1. The van der Waals surface area contributed by atoms with Crippen molar-refractivity contribution in [3.05, 3.63) is 0 Å². The number of nitrogens with one attached hydrogen (secondary N) is 1. The molecule has 1 rings (SSSR count). The number of aliphatic hydroxyl groups is 1. The zero-order valence-corrected chi connectivity index (χ0v) is 14.4. The van der Waals surface area contributed by atoms with Gasteiger partial charge >= 0.3 is 6.09 Å². The fourth-order valence-corrected chi connectivity index (χ4v) is 2.59. The minimum Gasteiger partial charge on any atom is -0.444 e. The summed E-state index contributed by atoms with van der Waals surface area (Å²) in [6.07, 6.45) is 1.63. The molecule has 0 aliphatic carbocycles.